The largest absolute Gasteiger partial charge is 0.444 e. The fourth-order valence-corrected chi connectivity index (χ4v) is 4.39. The van der Waals surface area contributed by atoms with E-state index >= 15 is 0 Å². The molecule has 2 aliphatic carbocycles. The summed E-state index contributed by atoms with van der Waals surface area (Å²) in [5, 5.41) is 6.26. The number of hydrogen-bond acceptors (Lipinski definition) is 6. The van der Waals surface area contributed by atoms with Crippen molar-refractivity contribution in [2.24, 2.45) is 5.92 Å². The lowest BCUT2D eigenvalue weighted by Gasteiger charge is -2.30. The molecule has 8 nitrogen and oxygen atoms in total. The number of aromatic nitrogens is 2. The summed E-state index contributed by atoms with van der Waals surface area (Å²) >= 11 is 0. The third-order valence-corrected chi connectivity index (χ3v) is 6.22. The monoisotopic (exact) mass is 459 g/mol. The van der Waals surface area contributed by atoms with Gasteiger partial charge in [0.2, 0.25) is 11.9 Å². The van der Waals surface area contributed by atoms with Gasteiger partial charge >= 0.3 is 6.09 Å². The van der Waals surface area contributed by atoms with Gasteiger partial charge in [0.1, 0.15) is 11.3 Å². The number of rotatable bonds is 5. The second-order valence-electron chi connectivity index (χ2n) is 10.3. The molecule has 1 aromatic rings. The van der Waals surface area contributed by atoms with Crippen molar-refractivity contribution in [3.63, 3.8) is 0 Å². The van der Waals surface area contributed by atoms with Crippen molar-refractivity contribution in [2.45, 2.75) is 83.4 Å². The van der Waals surface area contributed by atoms with Crippen molar-refractivity contribution in [3.8, 4) is 0 Å². The lowest BCUT2D eigenvalue weighted by Crippen LogP contribution is -2.42. The van der Waals surface area contributed by atoms with Gasteiger partial charge in [-0.15, -0.1) is 0 Å². The van der Waals surface area contributed by atoms with Gasteiger partial charge < -0.3 is 20.3 Å². The molecule has 0 radical (unpaired) electrons. The molecule has 2 heterocycles. The second-order valence-corrected chi connectivity index (χ2v) is 10.3. The molecule has 2 N–H and O–H groups in total. The lowest BCUT2D eigenvalue weighted by atomic mass is 9.91. The van der Waals surface area contributed by atoms with Crippen LogP contribution < -0.4 is 10.6 Å². The summed E-state index contributed by atoms with van der Waals surface area (Å²) in [5.41, 5.74) is 0.487. The topological polar surface area (TPSA) is 96.5 Å². The number of hydrogen-bond donors (Lipinski definition) is 2. The minimum absolute atomic E-state index is 0.0741. The van der Waals surface area contributed by atoms with E-state index in [-0.39, 0.29) is 35.7 Å². The highest BCUT2D eigenvalue weighted by atomic mass is 19.1. The average molecular weight is 460 g/mol. The maximum atomic E-state index is 14.6. The van der Waals surface area contributed by atoms with Gasteiger partial charge in [-0.25, -0.2) is 19.2 Å². The van der Waals surface area contributed by atoms with Crippen LogP contribution in [0.4, 0.5) is 15.1 Å². The van der Waals surface area contributed by atoms with Crippen molar-refractivity contribution in [3.05, 3.63) is 23.8 Å². The summed E-state index contributed by atoms with van der Waals surface area (Å²) in [6, 6.07) is 0.221. The Labute approximate surface area is 194 Å². The molecule has 33 heavy (non-hydrogen) atoms. The number of ether oxygens (including phenoxy) is 1. The van der Waals surface area contributed by atoms with E-state index in [4.69, 9.17) is 4.74 Å². The van der Waals surface area contributed by atoms with Crippen LogP contribution in [0.1, 0.15) is 71.4 Å². The van der Waals surface area contributed by atoms with Gasteiger partial charge in [-0.3, -0.25) is 4.79 Å². The first-order valence-corrected chi connectivity index (χ1v) is 11.9. The third-order valence-electron chi connectivity index (χ3n) is 6.22. The molecule has 2 fully saturated rings. The zero-order valence-electron chi connectivity index (χ0n) is 19.7. The quantitative estimate of drug-likeness (QED) is 0.694. The molecule has 0 spiro atoms. The number of carbonyl (C=O) groups is 2. The Kier molecular flexibility index (Phi) is 6.86. The highest BCUT2D eigenvalue weighted by molar-refractivity contribution is 5.83. The zero-order valence-corrected chi connectivity index (χ0v) is 19.7. The predicted octanol–water partition coefficient (Wildman–Crippen LogP) is 3.89. The number of nitrogens with one attached hydrogen (secondary N) is 2. The first kappa shape index (κ1) is 23.4. The average Bonchev–Trinajstić information content (AvgIpc) is 3.60. The molecule has 180 valence electrons. The van der Waals surface area contributed by atoms with Gasteiger partial charge in [0, 0.05) is 31.1 Å². The molecular weight excluding hydrogens is 425 g/mol. The van der Waals surface area contributed by atoms with Crippen LogP contribution in [0, 0.1) is 11.7 Å². The fourth-order valence-electron chi connectivity index (χ4n) is 4.39. The molecule has 9 heteroatoms. The third kappa shape index (κ3) is 6.42. The summed E-state index contributed by atoms with van der Waals surface area (Å²) in [6.07, 6.45) is 8.70. The minimum atomic E-state index is -0.517. The summed E-state index contributed by atoms with van der Waals surface area (Å²) < 4.78 is 19.9. The molecule has 1 aliphatic heterocycles. The van der Waals surface area contributed by atoms with Crippen molar-refractivity contribution in [2.75, 3.05) is 18.4 Å². The molecule has 0 unspecified atom stereocenters. The van der Waals surface area contributed by atoms with E-state index in [1.54, 1.807) is 0 Å². The zero-order chi connectivity index (χ0) is 23.6. The Morgan fingerprint density at radius 3 is 2.48 bits per heavy atom. The Morgan fingerprint density at radius 2 is 1.82 bits per heavy atom. The van der Waals surface area contributed by atoms with Gasteiger partial charge in [0.25, 0.3) is 0 Å². The van der Waals surface area contributed by atoms with Crippen molar-refractivity contribution in [1.29, 1.82) is 0 Å². The van der Waals surface area contributed by atoms with Gasteiger partial charge in [0.15, 0.2) is 5.82 Å². The van der Waals surface area contributed by atoms with Crippen LogP contribution in [0.5, 0.6) is 0 Å². The lowest BCUT2D eigenvalue weighted by molar-refractivity contribution is -0.132. The number of alkyl carbamates (subject to hydrolysis) is 1. The van der Waals surface area contributed by atoms with E-state index in [0.717, 1.165) is 44.1 Å². The normalized spacial score (nSPS) is 23.5. The smallest absolute Gasteiger partial charge is 0.407 e. The summed E-state index contributed by atoms with van der Waals surface area (Å²) in [4.78, 5) is 34.8. The summed E-state index contributed by atoms with van der Waals surface area (Å²) in [7, 11) is 0. The van der Waals surface area contributed by atoms with E-state index < -0.39 is 11.4 Å². The van der Waals surface area contributed by atoms with Gasteiger partial charge in [-0.1, -0.05) is 6.08 Å². The molecule has 3 aliphatic rings. The van der Waals surface area contributed by atoms with Crippen LogP contribution in [0.3, 0.4) is 0 Å². The Hall–Kier alpha value is -2.71. The van der Waals surface area contributed by atoms with E-state index in [2.05, 4.69) is 20.6 Å². The van der Waals surface area contributed by atoms with Crippen LogP contribution in [-0.4, -0.2) is 57.6 Å². The van der Waals surface area contributed by atoms with Gasteiger partial charge in [-0.2, -0.15) is 0 Å². The number of amides is 2. The Balaban J connectivity index is 1.32. The first-order valence-electron chi connectivity index (χ1n) is 11.9. The number of halogens is 1. The SMILES string of the molecule is CC(C)(C)OC(=O)NC1CCC(Nc2ncc(F)c(C3=CCCN(C(=O)C4CC4)C3)n2)CC1. The highest BCUT2D eigenvalue weighted by Gasteiger charge is 2.34. The van der Waals surface area contributed by atoms with E-state index in [9.17, 15) is 14.0 Å². The number of nitrogens with zero attached hydrogens (tertiary/aromatic N) is 3. The first-order chi connectivity index (χ1) is 15.7. The molecule has 0 bridgehead atoms. The molecule has 0 atom stereocenters. The van der Waals surface area contributed by atoms with Crippen molar-refractivity contribution < 1.29 is 18.7 Å². The summed E-state index contributed by atoms with van der Waals surface area (Å²) in [5.74, 6) is 0.237. The summed E-state index contributed by atoms with van der Waals surface area (Å²) in [6.45, 7) is 6.60. The van der Waals surface area contributed by atoms with Crippen LogP contribution in [0.25, 0.3) is 5.57 Å². The molecule has 0 saturated heterocycles. The minimum Gasteiger partial charge on any atom is -0.444 e. The second kappa shape index (κ2) is 9.65. The maximum Gasteiger partial charge on any atom is 0.407 e. The van der Waals surface area contributed by atoms with Gasteiger partial charge in [0.05, 0.1) is 6.20 Å². The van der Waals surface area contributed by atoms with Gasteiger partial charge in [-0.05, 0) is 71.3 Å². The number of carbonyl (C=O) groups excluding carboxylic acids is 2. The molecule has 4 rings (SSSR count). The van der Waals surface area contributed by atoms with Crippen LogP contribution in [0.2, 0.25) is 0 Å². The van der Waals surface area contributed by atoms with E-state index in [0.29, 0.717) is 25.5 Å². The molecule has 1 aromatic heterocycles. The fraction of sp³-hybridized carbons (Fsp3) is 0.667. The Morgan fingerprint density at radius 1 is 1.12 bits per heavy atom. The standard InChI is InChI=1S/C24H34FN5O3/c1-24(2,3)33-23(32)28-18-10-8-17(9-11-18)27-22-26-13-19(25)20(29-22)16-5-4-12-30(14-16)21(31)15-6-7-15/h5,13,15,17-18H,4,6-12,14H2,1-3H3,(H,28,32)(H,26,27,29). The predicted molar refractivity (Wildman–Crippen MR) is 123 cm³/mol. The van der Waals surface area contributed by atoms with Crippen molar-refractivity contribution >= 4 is 23.5 Å². The highest BCUT2D eigenvalue weighted by Crippen LogP contribution is 2.33. The molecule has 2 saturated carbocycles. The van der Waals surface area contributed by atoms with Crippen LogP contribution in [0.15, 0.2) is 12.3 Å². The van der Waals surface area contributed by atoms with Crippen molar-refractivity contribution in [1.82, 2.24) is 20.2 Å². The maximum absolute atomic E-state index is 14.6. The molecule has 2 amide bonds. The Bertz CT molecular complexity index is 917. The van der Waals surface area contributed by atoms with E-state index in [1.165, 1.54) is 6.20 Å². The van der Waals surface area contributed by atoms with Crippen LogP contribution in [-0.2, 0) is 9.53 Å². The number of anilines is 1. The molecular formula is C24H34FN5O3. The van der Waals surface area contributed by atoms with Crippen LogP contribution >= 0.6 is 0 Å². The molecule has 0 aromatic carbocycles. The van der Waals surface area contributed by atoms with E-state index in [1.807, 2.05) is 31.7 Å².